The monoisotopic (exact) mass is 428 g/mol. The summed E-state index contributed by atoms with van der Waals surface area (Å²) in [5.74, 6) is 0.560. The van der Waals surface area contributed by atoms with Crippen LogP contribution in [0.15, 0.2) is 48.5 Å². The van der Waals surface area contributed by atoms with Crippen LogP contribution in [0.4, 0.5) is 10.5 Å². The molecule has 0 saturated heterocycles. The number of ether oxygens (including phenoxy) is 2. The number of anilines is 1. The van der Waals surface area contributed by atoms with Crippen LogP contribution < -0.4 is 9.64 Å². The number of hydrogen-bond donors (Lipinski definition) is 0. The molecule has 2 aromatic carbocycles. The second-order valence-corrected chi connectivity index (χ2v) is 8.39. The van der Waals surface area contributed by atoms with Crippen LogP contribution in [0.3, 0.4) is 0 Å². The summed E-state index contributed by atoms with van der Waals surface area (Å²) in [6, 6.07) is 14.4. The van der Waals surface area contributed by atoms with Crippen molar-refractivity contribution in [3.05, 3.63) is 59.2 Å². The lowest BCUT2D eigenvalue weighted by Crippen LogP contribution is -2.28. The molecule has 3 aromatic rings. The minimum absolute atomic E-state index is 0.0533. The van der Waals surface area contributed by atoms with Crippen LogP contribution in [0, 0.1) is 0 Å². The number of carbonyl (C=O) groups excluding carboxylic acids is 2. The lowest BCUT2D eigenvalue weighted by atomic mass is 10.2. The largest absolute Gasteiger partial charge is 0.487 e. The van der Waals surface area contributed by atoms with E-state index in [1.807, 2.05) is 32.9 Å². The van der Waals surface area contributed by atoms with Gasteiger partial charge in [-0.05, 0) is 63.2 Å². The predicted molar refractivity (Wildman–Crippen MR) is 118 cm³/mol. The van der Waals surface area contributed by atoms with Crippen molar-refractivity contribution in [3.63, 3.8) is 0 Å². The van der Waals surface area contributed by atoms with Crippen molar-refractivity contribution in [2.24, 2.45) is 0 Å². The van der Waals surface area contributed by atoms with E-state index in [0.717, 1.165) is 11.1 Å². The maximum atomic E-state index is 12.9. The molecule has 6 nitrogen and oxygen atoms in total. The molecule has 158 valence electrons. The third-order valence-electron chi connectivity index (χ3n) is 4.53. The van der Waals surface area contributed by atoms with Gasteiger partial charge in [0.15, 0.2) is 0 Å². The zero-order chi connectivity index (χ0) is 22.1. The van der Waals surface area contributed by atoms with E-state index in [-0.39, 0.29) is 12.5 Å². The van der Waals surface area contributed by atoms with Crippen molar-refractivity contribution in [1.29, 1.82) is 0 Å². The zero-order valence-electron chi connectivity index (χ0n) is 17.7. The Morgan fingerprint density at radius 2 is 1.77 bits per heavy atom. The Labute approximate surface area is 180 Å². The molecule has 0 saturated carbocycles. The third kappa shape index (κ3) is 4.76. The second kappa shape index (κ2) is 8.40. The van der Waals surface area contributed by atoms with E-state index in [0.29, 0.717) is 22.0 Å². The number of rotatable bonds is 4. The number of hydrogen-bond acceptors (Lipinski definition) is 4. The van der Waals surface area contributed by atoms with E-state index in [4.69, 9.17) is 21.1 Å². The standard InChI is InChI=1S/C23H25ClN2O4/c1-15(27)25(5)16-9-11-18(12-10-16)29-14-17-13-19-20(24)7-6-8-21(19)26(17)22(28)30-23(2,3)4/h6-13H,14H2,1-5H3. The summed E-state index contributed by atoms with van der Waals surface area (Å²) in [5.41, 5.74) is 1.42. The third-order valence-corrected chi connectivity index (χ3v) is 4.86. The Balaban J connectivity index is 1.88. The van der Waals surface area contributed by atoms with Crippen molar-refractivity contribution in [1.82, 2.24) is 4.57 Å². The Hall–Kier alpha value is -2.99. The van der Waals surface area contributed by atoms with Crippen LogP contribution in [0.25, 0.3) is 10.9 Å². The van der Waals surface area contributed by atoms with Gasteiger partial charge in [0.25, 0.3) is 0 Å². The summed E-state index contributed by atoms with van der Waals surface area (Å²) in [4.78, 5) is 25.9. The molecule has 1 amide bonds. The van der Waals surface area contributed by atoms with E-state index >= 15 is 0 Å². The highest BCUT2D eigenvalue weighted by Crippen LogP contribution is 2.29. The molecule has 0 fully saturated rings. The topological polar surface area (TPSA) is 60.8 Å². The fourth-order valence-corrected chi connectivity index (χ4v) is 3.21. The fourth-order valence-electron chi connectivity index (χ4n) is 2.98. The van der Waals surface area contributed by atoms with Gasteiger partial charge < -0.3 is 14.4 Å². The Morgan fingerprint density at radius 3 is 2.37 bits per heavy atom. The van der Waals surface area contributed by atoms with Gasteiger partial charge in [-0.2, -0.15) is 0 Å². The highest BCUT2D eigenvalue weighted by atomic mass is 35.5. The minimum Gasteiger partial charge on any atom is -0.487 e. The average Bonchev–Trinajstić information content (AvgIpc) is 3.05. The molecule has 1 heterocycles. The summed E-state index contributed by atoms with van der Waals surface area (Å²) < 4.78 is 13.0. The predicted octanol–water partition coefficient (Wildman–Crippen LogP) is 5.64. The normalized spacial score (nSPS) is 11.4. The number of fused-ring (bicyclic) bond motifs is 1. The van der Waals surface area contributed by atoms with Crippen LogP contribution in [0.2, 0.25) is 5.02 Å². The Bertz CT molecular complexity index is 1080. The van der Waals surface area contributed by atoms with Crippen molar-refractivity contribution in [3.8, 4) is 5.75 Å². The smallest absolute Gasteiger partial charge is 0.419 e. The maximum absolute atomic E-state index is 12.9. The lowest BCUT2D eigenvalue weighted by Gasteiger charge is -2.21. The van der Waals surface area contributed by atoms with Crippen molar-refractivity contribution < 1.29 is 19.1 Å². The van der Waals surface area contributed by atoms with Gasteiger partial charge in [0.05, 0.1) is 11.2 Å². The van der Waals surface area contributed by atoms with E-state index in [1.54, 1.807) is 48.3 Å². The number of halogens is 1. The molecular formula is C23H25ClN2O4. The van der Waals surface area contributed by atoms with Gasteiger partial charge in [0.1, 0.15) is 18.0 Å². The first-order valence-corrected chi connectivity index (χ1v) is 9.94. The van der Waals surface area contributed by atoms with E-state index in [1.165, 1.54) is 11.5 Å². The SMILES string of the molecule is CC(=O)N(C)c1ccc(OCc2cc3c(Cl)cccc3n2C(=O)OC(C)(C)C)cc1. The van der Waals surface area contributed by atoms with E-state index in [2.05, 4.69) is 0 Å². The average molecular weight is 429 g/mol. The number of carbonyl (C=O) groups is 2. The van der Waals surface area contributed by atoms with Gasteiger partial charge in [-0.15, -0.1) is 0 Å². The Kier molecular flexibility index (Phi) is 6.08. The first-order valence-electron chi connectivity index (χ1n) is 9.56. The van der Waals surface area contributed by atoms with Gasteiger partial charge in [-0.25, -0.2) is 9.36 Å². The van der Waals surface area contributed by atoms with Crippen molar-refractivity contribution >= 4 is 40.2 Å². The lowest BCUT2D eigenvalue weighted by molar-refractivity contribution is -0.116. The number of aromatic nitrogens is 1. The molecule has 0 aliphatic heterocycles. The second-order valence-electron chi connectivity index (χ2n) is 7.98. The first kappa shape index (κ1) is 21.7. The molecule has 3 rings (SSSR count). The molecule has 0 bridgehead atoms. The molecule has 1 aromatic heterocycles. The number of benzene rings is 2. The highest BCUT2D eigenvalue weighted by Gasteiger charge is 2.23. The molecule has 7 heteroatoms. The van der Waals surface area contributed by atoms with Crippen LogP contribution >= 0.6 is 11.6 Å². The summed E-state index contributed by atoms with van der Waals surface area (Å²) in [5, 5.41) is 1.30. The zero-order valence-corrected chi connectivity index (χ0v) is 18.5. The van der Waals surface area contributed by atoms with E-state index in [9.17, 15) is 9.59 Å². The van der Waals surface area contributed by atoms with Crippen molar-refractivity contribution in [2.75, 3.05) is 11.9 Å². The van der Waals surface area contributed by atoms with Crippen LogP contribution in [0.5, 0.6) is 5.75 Å². The summed E-state index contributed by atoms with van der Waals surface area (Å²) in [7, 11) is 1.71. The summed E-state index contributed by atoms with van der Waals surface area (Å²) >= 11 is 6.33. The van der Waals surface area contributed by atoms with E-state index < -0.39 is 11.7 Å². The minimum atomic E-state index is -0.636. The van der Waals surface area contributed by atoms with Gasteiger partial charge in [0, 0.05) is 30.1 Å². The molecule has 0 atom stereocenters. The quantitative estimate of drug-likeness (QED) is 0.539. The summed E-state index contributed by atoms with van der Waals surface area (Å²) in [6.45, 7) is 7.11. The van der Waals surface area contributed by atoms with Crippen molar-refractivity contribution in [2.45, 2.75) is 39.9 Å². The first-order chi connectivity index (χ1) is 14.1. The van der Waals surface area contributed by atoms with Crippen LogP contribution in [-0.4, -0.2) is 29.2 Å². The van der Waals surface area contributed by atoms with Crippen LogP contribution in [-0.2, 0) is 16.1 Å². The van der Waals surface area contributed by atoms with Gasteiger partial charge in [0.2, 0.25) is 5.91 Å². The molecule has 0 unspecified atom stereocenters. The maximum Gasteiger partial charge on any atom is 0.419 e. The number of nitrogens with zero attached hydrogens (tertiary/aromatic N) is 2. The molecule has 0 aliphatic carbocycles. The molecule has 30 heavy (non-hydrogen) atoms. The van der Waals surface area contributed by atoms with Crippen LogP contribution in [0.1, 0.15) is 33.4 Å². The molecule has 0 spiro atoms. The molecule has 0 radical (unpaired) electrons. The highest BCUT2D eigenvalue weighted by molar-refractivity contribution is 6.35. The van der Waals surface area contributed by atoms with Gasteiger partial charge in [-0.1, -0.05) is 17.7 Å². The Morgan fingerprint density at radius 1 is 1.10 bits per heavy atom. The molecule has 0 aliphatic rings. The molecular weight excluding hydrogens is 404 g/mol. The fraction of sp³-hybridized carbons (Fsp3) is 0.304. The van der Waals surface area contributed by atoms with Gasteiger partial charge in [-0.3, -0.25) is 4.79 Å². The van der Waals surface area contributed by atoms with Gasteiger partial charge >= 0.3 is 6.09 Å². The molecule has 0 N–H and O–H groups in total. The summed E-state index contributed by atoms with van der Waals surface area (Å²) in [6.07, 6.45) is -0.489. The number of amides is 1.